The van der Waals surface area contributed by atoms with E-state index in [0.717, 1.165) is 12.5 Å². The van der Waals surface area contributed by atoms with Gasteiger partial charge in [-0.15, -0.1) is 0 Å². The Hall–Kier alpha value is -1.06. The predicted octanol–water partition coefficient (Wildman–Crippen LogP) is 3.06. The van der Waals surface area contributed by atoms with Gasteiger partial charge >= 0.3 is 0 Å². The first-order valence-corrected chi connectivity index (χ1v) is 6.88. The van der Waals surface area contributed by atoms with Crippen molar-refractivity contribution in [2.75, 3.05) is 18.4 Å². The van der Waals surface area contributed by atoms with Crippen LogP contribution in [0.3, 0.4) is 0 Å². The Morgan fingerprint density at radius 3 is 2.78 bits per heavy atom. The Balaban J connectivity index is 1.64. The zero-order valence-electron chi connectivity index (χ0n) is 10.4. The first-order valence-electron chi connectivity index (χ1n) is 6.51. The second kappa shape index (κ2) is 6.76. The van der Waals surface area contributed by atoms with Crippen LogP contribution in [0.4, 0.5) is 5.69 Å². The van der Waals surface area contributed by atoms with E-state index in [0.29, 0.717) is 17.3 Å². The van der Waals surface area contributed by atoms with Crippen LogP contribution in [0.1, 0.15) is 25.7 Å². The second-order valence-electron chi connectivity index (χ2n) is 4.79. The number of hydrogen-bond acceptors (Lipinski definition) is 2. The van der Waals surface area contributed by atoms with Crippen molar-refractivity contribution >= 4 is 23.2 Å². The standard InChI is InChI=1S/C14H19ClN2O/c15-12-6-1-2-7-13(12)17-14(18)10-16-9-8-11-4-3-5-11/h1-2,6-7,11,16H,3-5,8-10H2,(H,17,18). The van der Waals surface area contributed by atoms with Gasteiger partial charge in [0.1, 0.15) is 0 Å². The molecular formula is C14H19ClN2O. The lowest BCUT2D eigenvalue weighted by atomic mass is 9.83. The number of para-hydroxylation sites is 1. The lowest BCUT2D eigenvalue weighted by Crippen LogP contribution is -2.30. The summed E-state index contributed by atoms with van der Waals surface area (Å²) in [7, 11) is 0. The molecule has 0 aromatic heterocycles. The Labute approximate surface area is 113 Å². The highest BCUT2D eigenvalue weighted by Crippen LogP contribution is 2.28. The predicted molar refractivity (Wildman–Crippen MR) is 74.9 cm³/mol. The SMILES string of the molecule is O=C(CNCCC1CCC1)Nc1ccccc1Cl. The van der Waals surface area contributed by atoms with Crippen molar-refractivity contribution in [3.63, 3.8) is 0 Å². The molecule has 0 saturated heterocycles. The van der Waals surface area contributed by atoms with Gasteiger partial charge in [-0.2, -0.15) is 0 Å². The van der Waals surface area contributed by atoms with Crippen molar-refractivity contribution in [3.8, 4) is 0 Å². The van der Waals surface area contributed by atoms with E-state index in [1.165, 1.54) is 25.7 Å². The van der Waals surface area contributed by atoms with E-state index in [1.807, 2.05) is 12.1 Å². The number of anilines is 1. The summed E-state index contributed by atoms with van der Waals surface area (Å²) in [5.74, 6) is 0.834. The monoisotopic (exact) mass is 266 g/mol. The summed E-state index contributed by atoms with van der Waals surface area (Å²) in [4.78, 5) is 11.7. The van der Waals surface area contributed by atoms with Crippen LogP contribution < -0.4 is 10.6 Å². The molecule has 0 unspecified atom stereocenters. The van der Waals surface area contributed by atoms with Gasteiger partial charge in [0.05, 0.1) is 17.3 Å². The molecule has 0 spiro atoms. The van der Waals surface area contributed by atoms with Crippen molar-refractivity contribution in [2.24, 2.45) is 5.92 Å². The smallest absolute Gasteiger partial charge is 0.238 e. The maximum absolute atomic E-state index is 11.7. The average Bonchev–Trinajstić information content (AvgIpc) is 2.29. The third-order valence-corrected chi connectivity index (χ3v) is 3.72. The fourth-order valence-electron chi connectivity index (χ4n) is 2.05. The number of rotatable bonds is 6. The van der Waals surface area contributed by atoms with E-state index in [9.17, 15) is 4.79 Å². The zero-order valence-corrected chi connectivity index (χ0v) is 11.2. The molecule has 1 saturated carbocycles. The zero-order chi connectivity index (χ0) is 12.8. The normalized spacial score (nSPS) is 15.2. The van der Waals surface area contributed by atoms with Gasteiger partial charge in [0.25, 0.3) is 0 Å². The fraction of sp³-hybridized carbons (Fsp3) is 0.500. The summed E-state index contributed by atoms with van der Waals surface area (Å²) >= 11 is 5.96. The summed E-state index contributed by atoms with van der Waals surface area (Å²) in [6, 6.07) is 7.26. The van der Waals surface area contributed by atoms with Gasteiger partial charge in [-0.05, 0) is 31.0 Å². The number of amides is 1. The van der Waals surface area contributed by atoms with E-state index >= 15 is 0 Å². The van der Waals surface area contributed by atoms with Gasteiger partial charge < -0.3 is 10.6 Å². The molecule has 1 fully saturated rings. The van der Waals surface area contributed by atoms with Gasteiger partial charge in [-0.1, -0.05) is 43.0 Å². The number of carbonyl (C=O) groups is 1. The van der Waals surface area contributed by atoms with Crippen LogP contribution in [-0.2, 0) is 4.79 Å². The summed E-state index contributed by atoms with van der Waals surface area (Å²) in [5, 5.41) is 6.53. The highest BCUT2D eigenvalue weighted by atomic mass is 35.5. The Bertz CT molecular complexity index is 405. The van der Waals surface area contributed by atoms with E-state index in [2.05, 4.69) is 10.6 Å². The van der Waals surface area contributed by atoms with Crippen LogP contribution in [0.15, 0.2) is 24.3 Å². The largest absolute Gasteiger partial charge is 0.324 e. The molecular weight excluding hydrogens is 248 g/mol. The summed E-state index contributed by atoms with van der Waals surface area (Å²) in [6.45, 7) is 1.26. The Kier molecular flexibility index (Phi) is 5.02. The topological polar surface area (TPSA) is 41.1 Å². The van der Waals surface area contributed by atoms with Crippen LogP contribution in [0.2, 0.25) is 5.02 Å². The van der Waals surface area contributed by atoms with Crippen molar-refractivity contribution < 1.29 is 4.79 Å². The fourth-order valence-corrected chi connectivity index (χ4v) is 2.23. The molecule has 0 heterocycles. The van der Waals surface area contributed by atoms with E-state index in [4.69, 9.17) is 11.6 Å². The molecule has 18 heavy (non-hydrogen) atoms. The van der Waals surface area contributed by atoms with Crippen LogP contribution in [0.25, 0.3) is 0 Å². The Morgan fingerprint density at radius 1 is 1.33 bits per heavy atom. The van der Waals surface area contributed by atoms with Crippen LogP contribution in [0.5, 0.6) is 0 Å². The highest BCUT2D eigenvalue weighted by Gasteiger charge is 2.16. The number of halogens is 1. The molecule has 1 amide bonds. The molecule has 3 nitrogen and oxygen atoms in total. The third kappa shape index (κ3) is 4.00. The second-order valence-corrected chi connectivity index (χ2v) is 5.20. The number of nitrogens with one attached hydrogen (secondary N) is 2. The van der Waals surface area contributed by atoms with Crippen LogP contribution in [0, 0.1) is 5.92 Å². The van der Waals surface area contributed by atoms with E-state index in [-0.39, 0.29) is 5.91 Å². The molecule has 0 radical (unpaired) electrons. The maximum atomic E-state index is 11.7. The first kappa shape index (κ1) is 13.4. The van der Waals surface area contributed by atoms with Gasteiger partial charge in [-0.25, -0.2) is 0 Å². The number of benzene rings is 1. The average molecular weight is 267 g/mol. The first-order chi connectivity index (χ1) is 8.75. The van der Waals surface area contributed by atoms with Crippen LogP contribution in [-0.4, -0.2) is 19.0 Å². The van der Waals surface area contributed by atoms with Gasteiger partial charge in [0.2, 0.25) is 5.91 Å². The van der Waals surface area contributed by atoms with Gasteiger partial charge in [0, 0.05) is 0 Å². The lowest BCUT2D eigenvalue weighted by Gasteiger charge is -2.25. The van der Waals surface area contributed by atoms with Crippen molar-refractivity contribution in [1.82, 2.24) is 5.32 Å². The van der Waals surface area contributed by atoms with E-state index in [1.54, 1.807) is 12.1 Å². The molecule has 2 rings (SSSR count). The molecule has 1 aromatic rings. The minimum absolute atomic E-state index is 0.0447. The van der Waals surface area contributed by atoms with E-state index < -0.39 is 0 Å². The molecule has 0 aliphatic heterocycles. The summed E-state index contributed by atoms with van der Waals surface area (Å²) in [6.07, 6.45) is 5.26. The quantitative estimate of drug-likeness (QED) is 0.777. The summed E-state index contributed by atoms with van der Waals surface area (Å²) in [5.41, 5.74) is 0.671. The summed E-state index contributed by atoms with van der Waals surface area (Å²) < 4.78 is 0. The molecule has 4 heteroatoms. The number of carbonyl (C=O) groups excluding carboxylic acids is 1. The van der Waals surface area contributed by atoms with Crippen molar-refractivity contribution in [2.45, 2.75) is 25.7 Å². The molecule has 1 aliphatic rings. The van der Waals surface area contributed by atoms with Gasteiger partial charge in [0.15, 0.2) is 0 Å². The molecule has 1 aromatic carbocycles. The van der Waals surface area contributed by atoms with Crippen molar-refractivity contribution in [1.29, 1.82) is 0 Å². The molecule has 0 bridgehead atoms. The molecule has 1 aliphatic carbocycles. The number of hydrogen-bond donors (Lipinski definition) is 2. The minimum atomic E-state index is -0.0447. The van der Waals surface area contributed by atoms with Gasteiger partial charge in [-0.3, -0.25) is 4.79 Å². The lowest BCUT2D eigenvalue weighted by molar-refractivity contribution is -0.115. The maximum Gasteiger partial charge on any atom is 0.238 e. The van der Waals surface area contributed by atoms with Crippen molar-refractivity contribution in [3.05, 3.63) is 29.3 Å². The Morgan fingerprint density at radius 2 is 2.11 bits per heavy atom. The molecule has 98 valence electrons. The molecule has 2 N–H and O–H groups in total. The minimum Gasteiger partial charge on any atom is -0.324 e. The third-order valence-electron chi connectivity index (χ3n) is 3.39. The highest BCUT2D eigenvalue weighted by molar-refractivity contribution is 6.33. The molecule has 0 atom stereocenters. The van der Waals surface area contributed by atoms with Crippen LogP contribution >= 0.6 is 11.6 Å².